The third-order valence-corrected chi connectivity index (χ3v) is 7.86. The highest BCUT2D eigenvalue weighted by Gasteiger charge is 2.31. The first kappa shape index (κ1) is 29.9. The summed E-state index contributed by atoms with van der Waals surface area (Å²) in [7, 11) is -4.00. The highest BCUT2D eigenvalue weighted by Crippen LogP contribution is 2.20. The van der Waals surface area contributed by atoms with Gasteiger partial charge < -0.3 is 15.2 Å². The zero-order valence-electron chi connectivity index (χ0n) is 22.4. The lowest BCUT2D eigenvalue weighted by Crippen LogP contribution is -2.51. The Kier molecular flexibility index (Phi) is 10.7. The number of hydrogen-bond acceptors (Lipinski definition) is 7. The van der Waals surface area contributed by atoms with Crippen LogP contribution in [0.15, 0.2) is 84.0 Å². The number of ether oxygens (including phenoxy) is 1. The molecule has 1 heterocycles. The van der Waals surface area contributed by atoms with Crippen LogP contribution in [0.25, 0.3) is 0 Å². The molecule has 0 radical (unpaired) electrons. The molecule has 1 amide bonds. The second kappa shape index (κ2) is 14.0. The predicted octanol–water partition coefficient (Wildman–Crippen LogP) is 3.83. The summed E-state index contributed by atoms with van der Waals surface area (Å²) in [5.41, 5.74) is 1.96. The highest BCUT2D eigenvalue weighted by atomic mass is 32.2. The number of Topliss-reactive ketones (excluding diaryl/α,β-unsaturated/α-hetero) is 1. The minimum absolute atomic E-state index is 0.00205. The van der Waals surface area contributed by atoms with Gasteiger partial charge in [0.25, 0.3) is 0 Å². The van der Waals surface area contributed by atoms with Crippen LogP contribution in [0.2, 0.25) is 0 Å². The molecule has 208 valence electrons. The number of aromatic nitrogens is 1. The van der Waals surface area contributed by atoms with E-state index in [9.17, 15) is 23.1 Å². The lowest BCUT2D eigenvalue weighted by atomic mass is 10.0. The van der Waals surface area contributed by atoms with Gasteiger partial charge in [0.1, 0.15) is 6.61 Å². The monoisotopic (exact) mass is 553 g/mol. The number of carbonyl (C=O) groups excluding carboxylic acids is 2. The van der Waals surface area contributed by atoms with Gasteiger partial charge in [0.05, 0.1) is 17.0 Å². The van der Waals surface area contributed by atoms with E-state index in [2.05, 4.69) is 10.3 Å². The lowest BCUT2D eigenvalue weighted by Gasteiger charge is -2.30. The minimum Gasteiger partial charge on any atom is -0.445 e. The predicted molar refractivity (Wildman–Crippen MR) is 148 cm³/mol. The lowest BCUT2D eigenvalue weighted by molar-refractivity contribution is 0.0873. The number of rotatable bonds is 13. The fourth-order valence-electron chi connectivity index (χ4n) is 4.00. The maximum atomic E-state index is 13.6. The third kappa shape index (κ3) is 8.98. The van der Waals surface area contributed by atoms with E-state index in [1.165, 1.54) is 35.5 Å². The second-order valence-electron chi connectivity index (χ2n) is 9.74. The molecule has 2 aromatic carbocycles. The Morgan fingerprint density at radius 2 is 1.64 bits per heavy atom. The molecule has 0 spiro atoms. The Morgan fingerprint density at radius 3 is 2.23 bits per heavy atom. The number of hydrogen-bond donors (Lipinski definition) is 2. The van der Waals surface area contributed by atoms with Crippen molar-refractivity contribution in [3.63, 3.8) is 0 Å². The first-order valence-corrected chi connectivity index (χ1v) is 14.2. The first-order valence-electron chi connectivity index (χ1n) is 12.7. The van der Waals surface area contributed by atoms with Gasteiger partial charge in [-0.3, -0.25) is 9.78 Å². The van der Waals surface area contributed by atoms with Gasteiger partial charge >= 0.3 is 6.09 Å². The SMILES string of the molecule is CC(=O)c1ccc(S(=O)(=O)N(CC(C)C)C[C@@H](O)[C@H](Cc2ccccc2)NC(=O)OCc2cccnc2)cc1. The zero-order chi connectivity index (χ0) is 28.4. The number of aliphatic hydroxyl groups excluding tert-OH is 1. The molecule has 0 saturated carbocycles. The molecule has 1 aromatic heterocycles. The Hall–Kier alpha value is -3.60. The van der Waals surface area contributed by atoms with Crippen molar-refractivity contribution < 1.29 is 27.9 Å². The second-order valence-corrected chi connectivity index (χ2v) is 11.7. The minimum atomic E-state index is -4.00. The number of benzene rings is 2. The summed E-state index contributed by atoms with van der Waals surface area (Å²) in [5, 5.41) is 14.0. The number of amides is 1. The molecule has 0 bridgehead atoms. The topological polar surface area (TPSA) is 126 Å². The van der Waals surface area contributed by atoms with Gasteiger partial charge in [-0.05, 0) is 43.0 Å². The van der Waals surface area contributed by atoms with Crippen molar-refractivity contribution in [3.05, 3.63) is 95.8 Å². The van der Waals surface area contributed by atoms with Crippen molar-refractivity contribution in [2.45, 2.75) is 50.8 Å². The number of nitrogens with zero attached hydrogens (tertiary/aromatic N) is 2. The molecule has 0 aliphatic heterocycles. The van der Waals surface area contributed by atoms with Crippen LogP contribution in [0.3, 0.4) is 0 Å². The van der Waals surface area contributed by atoms with Gasteiger partial charge in [-0.1, -0.05) is 62.4 Å². The van der Waals surface area contributed by atoms with E-state index in [-0.39, 0.29) is 42.7 Å². The zero-order valence-corrected chi connectivity index (χ0v) is 23.2. The van der Waals surface area contributed by atoms with Crippen LogP contribution in [0.4, 0.5) is 4.79 Å². The van der Waals surface area contributed by atoms with Gasteiger partial charge in [0.2, 0.25) is 10.0 Å². The first-order chi connectivity index (χ1) is 18.6. The van der Waals surface area contributed by atoms with Gasteiger partial charge in [-0.2, -0.15) is 4.31 Å². The van der Waals surface area contributed by atoms with Crippen molar-refractivity contribution in [2.24, 2.45) is 5.92 Å². The fourth-order valence-corrected chi connectivity index (χ4v) is 5.62. The molecule has 10 heteroatoms. The summed E-state index contributed by atoms with van der Waals surface area (Å²) in [6.45, 7) is 5.06. The van der Waals surface area contributed by atoms with Crippen LogP contribution < -0.4 is 5.32 Å². The molecule has 0 aliphatic rings. The summed E-state index contributed by atoms with van der Waals surface area (Å²) < 4.78 is 33.7. The van der Waals surface area contributed by atoms with E-state index in [1.807, 2.05) is 44.2 Å². The van der Waals surface area contributed by atoms with E-state index in [1.54, 1.807) is 24.5 Å². The summed E-state index contributed by atoms with van der Waals surface area (Å²) in [6.07, 6.45) is 1.47. The molecule has 39 heavy (non-hydrogen) atoms. The number of carbonyl (C=O) groups is 2. The number of ketones is 1. The van der Waals surface area contributed by atoms with Crippen molar-refractivity contribution in [1.29, 1.82) is 0 Å². The normalized spacial score (nSPS) is 13.2. The Bertz CT molecular complexity index is 1320. The molecule has 3 aromatic rings. The molecule has 2 N–H and O–H groups in total. The van der Waals surface area contributed by atoms with Gasteiger partial charge in [0, 0.05) is 36.6 Å². The maximum Gasteiger partial charge on any atom is 0.407 e. The van der Waals surface area contributed by atoms with E-state index in [4.69, 9.17) is 4.74 Å². The third-order valence-electron chi connectivity index (χ3n) is 6.02. The summed E-state index contributed by atoms with van der Waals surface area (Å²) in [5.74, 6) is -0.202. The molecular formula is C29H35N3O6S. The van der Waals surface area contributed by atoms with E-state index < -0.39 is 28.3 Å². The molecule has 2 atom stereocenters. The molecule has 0 fully saturated rings. The molecular weight excluding hydrogens is 518 g/mol. The van der Waals surface area contributed by atoms with Crippen LogP contribution >= 0.6 is 0 Å². The quantitative estimate of drug-likeness (QED) is 0.308. The van der Waals surface area contributed by atoms with Gasteiger partial charge in [0.15, 0.2) is 5.78 Å². The van der Waals surface area contributed by atoms with Gasteiger partial charge in [-0.15, -0.1) is 0 Å². The number of pyridine rings is 1. The van der Waals surface area contributed by atoms with Crippen LogP contribution in [-0.2, 0) is 27.8 Å². The van der Waals surface area contributed by atoms with Crippen LogP contribution in [-0.4, -0.2) is 59.9 Å². The van der Waals surface area contributed by atoms with Crippen LogP contribution in [0, 0.1) is 5.92 Å². The van der Waals surface area contributed by atoms with Crippen molar-refractivity contribution in [2.75, 3.05) is 13.1 Å². The highest BCUT2D eigenvalue weighted by molar-refractivity contribution is 7.89. The maximum absolute atomic E-state index is 13.6. The van der Waals surface area contributed by atoms with Crippen molar-refractivity contribution in [3.8, 4) is 0 Å². The Balaban J connectivity index is 1.80. The summed E-state index contributed by atoms with van der Waals surface area (Å²) in [4.78, 5) is 28.3. The average Bonchev–Trinajstić information content (AvgIpc) is 2.92. The van der Waals surface area contributed by atoms with Crippen molar-refractivity contribution in [1.82, 2.24) is 14.6 Å². The largest absolute Gasteiger partial charge is 0.445 e. The van der Waals surface area contributed by atoms with Gasteiger partial charge in [-0.25, -0.2) is 13.2 Å². The molecule has 9 nitrogen and oxygen atoms in total. The standard InChI is InChI=1S/C29H35N3O6S/c1-21(2)18-32(39(36,37)26-13-11-25(12-14-26)22(3)33)19-28(34)27(16-23-8-5-4-6-9-23)31-29(35)38-20-24-10-7-15-30-17-24/h4-15,17,21,27-28,34H,16,18-20H2,1-3H3,(H,31,35)/t27-,28+/m0/s1. The fraction of sp³-hybridized carbons (Fsp3) is 0.345. The average molecular weight is 554 g/mol. The number of nitrogens with one attached hydrogen (secondary N) is 1. The number of sulfonamides is 1. The number of alkyl carbamates (subject to hydrolysis) is 1. The molecule has 3 rings (SSSR count). The molecule has 0 aliphatic carbocycles. The van der Waals surface area contributed by atoms with Crippen LogP contribution in [0.1, 0.15) is 42.3 Å². The van der Waals surface area contributed by atoms with E-state index in [0.717, 1.165) is 5.56 Å². The number of aliphatic hydroxyl groups is 1. The van der Waals surface area contributed by atoms with E-state index >= 15 is 0 Å². The van der Waals surface area contributed by atoms with E-state index in [0.29, 0.717) is 11.1 Å². The Morgan fingerprint density at radius 1 is 0.974 bits per heavy atom. The molecule has 0 unspecified atom stereocenters. The smallest absolute Gasteiger partial charge is 0.407 e. The Labute approximate surface area is 229 Å². The molecule has 0 saturated heterocycles. The summed E-state index contributed by atoms with van der Waals surface area (Å²) >= 11 is 0. The summed E-state index contributed by atoms with van der Waals surface area (Å²) in [6, 6.07) is 17.7. The van der Waals surface area contributed by atoms with Crippen molar-refractivity contribution >= 4 is 21.9 Å². The van der Waals surface area contributed by atoms with Crippen LogP contribution in [0.5, 0.6) is 0 Å².